The fraction of sp³-hybridized carbons (Fsp3) is 0.556. The van der Waals surface area contributed by atoms with Crippen molar-refractivity contribution >= 4 is 45.3 Å². The van der Waals surface area contributed by atoms with Crippen LogP contribution in [-0.2, 0) is 4.79 Å². The number of urea groups is 1. The van der Waals surface area contributed by atoms with Gasteiger partial charge in [0.05, 0.1) is 11.1 Å². The van der Waals surface area contributed by atoms with E-state index in [1.165, 1.54) is 11.3 Å². The second-order valence-electron chi connectivity index (χ2n) is 6.75. The molecule has 0 saturated heterocycles. The largest absolute Gasteiger partial charge is 0.335 e. The molecule has 0 aromatic carbocycles. The number of hydrogen-bond donors (Lipinski definition) is 2. The molecule has 148 valence electrons. The van der Waals surface area contributed by atoms with Crippen molar-refractivity contribution in [2.24, 2.45) is 0 Å². The number of nitrogens with zero attached hydrogens (tertiary/aromatic N) is 2. The molecule has 2 heterocycles. The second-order valence-corrected chi connectivity index (χ2v) is 8.89. The molecule has 1 atom stereocenters. The molecule has 0 radical (unpaired) electrons. The number of fused-ring (bicyclic) bond motifs is 1. The highest BCUT2D eigenvalue weighted by Crippen LogP contribution is 2.29. The zero-order valence-corrected chi connectivity index (χ0v) is 18.1. The molecule has 0 fully saturated rings. The molecule has 2 aromatic rings. The van der Waals surface area contributed by atoms with Gasteiger partial charge in [0.15, 0.2) is 5.16 Å². The van der Waals surface area contributed by atoms with E-state index in [0.29, 0.717) is 15.4 Å². The maximum absolute atomic E-state index is 13.0. The van der Waals surface area contributed by atoms with Crippen LogP contribution in [0.15, 0.2) is 9.95 Å². The van der Waals surface area contributed by atoms with Crippen molar-refractivity contribution in [3.05, 3.63) is 20.8 Å². The molecule has 3 amide bonds. The summed E-state index contributed by atoms with van der Waals surface area (Å²) in [7, 11) is 0. The molecule has 9 heteroatoms. The van der Waals surface area contributed by atoms with E-state index in [1.54, 1.807) is 4.57 Å². The van der Waals surface area contributed by atoms with Crippen LogP contribution in [0.1, 0.15) is 50.6 Å². The third kappa shape index (κ3) is 4.90. The van der Waals surface area contributed by atoms with Crippen LogP contribution in [0.2, 0.25) is 0 Å². The Labute approximate surface area is 166 Å². The lowest BCUT2D eigenvalue weighted by atomic mass is 10.2. The fourth-order valence-electron chi connectivity index (χ4n) is 2.50. The van der Waals surface area contributed by atoms with Crippen LogP contribution in [0.4, 0.5) is 4.79 Å². The normalized spacial score (nSPS) is 12.4. The molecular formula is C18H26N4O3S2. The lowest BCUT2D eigenvalue weighted by Gasteiger charge is -2.15. The second kappa shape index (κ2) is 8.88. The number of aryl methyl sites for hydroxylation is 2. The van der Waals surface area contributed by atoms with Gasteiger partial charge in [-0.1, -0.05) is 18.7 Å². The van der Waals surface area contributed by atoms with Gasteiger partial charge in [-0.2, -0.15) is 0 Å². The van der Waals surface area contributed by atoms with E-state index in [-0.39, 0.29) is 23.4 Å². The zero-order chi connectivity index (χ0) is 20.3. The van der Waals surface area contributed by atoms with E-state index in [0.717, 1.165) is 28.6 Å². The Hall–Kier alpha value is -1.87. The summed E-state index contributed by atoms with van der Waals surface area (Å²) in [6.07, 6.45) is 0.778. The highest BCUT2D eigenvalue weighted by atomic mass is 32.2. The highest BCUT2D eigenvalue weighted by molar-refractivity contribution is 7.99. The van der Waals surface area contributed by atoms with Crippen molar-refractivity contribution in [2.45, 2.75) is 65.2 Å². The Kier molecular flexibility index (Phi) is 7.05. The van der Waals surface area contributed by atoms with Crippen molar-refractivity contribution in [1.29, 1.82) is 0 Å². The minimum Gasteiger partial charge on any atom is -0.335 e. The first-order chi connectivity index (χ1) is 12.6. The SMILES string of the molecule is CC[C@@H](C)NC(=O)NC(=O)CSc1nc2sc(C)c(C)c2c(=O)n1C(C)C. The molecule has 2 aromatic heterocycles. The van der Waals surface area contributed by atoms with Gasteiger partial charge < -0.3 is 5.32 Å². The summed E-state index contributed by atoms with van der Waals surface area (Å²) in [4.78, 5) is 43.2. The Balaban J connectivity index is 2.21. The molecule has 0 aliphatic rings. The zero-order valence-electron chi connectivity index (χ0n) is 16.5. The molecule has 0 aliphatic heterocycles. The smallest absolute Gasteiger partial charge is 0.321 e. The van der Waals surface area contributed by atoms with Gasteiger partial charge in [0.2, 0.25) is 5.91 Å². The van der Waals surface area contributed by atoms with Gasteiger partial charge in [-0.05, 0) is 46.6 Å². The molecule has 0 bridgehead atoms. The summed E-state index contributed by atoms with van der Waals surface area (Å²) < 4.78 is 1.61. The lowest BCUT2D eigenvalue weighted by Crippen LogP contribution is -2.44. The number of rotatable bonds is 6. The van der Waals surface area contributed by atoms with Gasteiger partial charge in [-0.3, -0.25) is 19.5 Å². The summed E-state index contributed by atoms with van der Waals surface area (Å²) in [6, 6.07) is -0.608. The molecule has 2 rings (SSSR count). The summed E-state index contributed by atoms with van der Waals surface area (Å²) in [5.74, 6) is -0.425. The number of carbonyl (C=O) groups is 2. The quantitative estimate of drug-likeness (QED) is 0.563. The van der Waals surface area contributed by atoms with Crippen molar-refractivity contribution in [2.75, 3.05) is 5.75 Å². The Morgan fingerprint density at radius 2 is 1.93 bits per heavy atom. The van der Waals surface area contributed by atoms with Crippen LogP contribution < -0.4 is 16.2 Å². The van der Waals surface area contributed by atoms with E-state index >= 15 is 0 Å². The first-order valence-electron chi connectivity index (χ1n) is 8.91. The van der Waals surface area contributed by atoms with E-state index in [1.807, 2.05) is 41.5 Å². The van der Waals surface area contributed by atoms with E-state index in [4.69, 9.17) is 0 Å². The first kappa shape index (κ1) is 21.4. The molecule has 0 saturated carbocycles. The van der Waals surface area contributed by atoms with Gasteiger partial charge in [-0.25, -0.2) is 9.78 Å². The fourth-order valence-corrected chi connectivity index (χ4v) is 4.50. The van der Waals surface area contributed by atoms with Crippen LogP contribution in [0, 0.1) is 13.8 Å². The van der Waals surface area contributed by atoms with Crippen LogP contribution in [-0.4, -0.2) is 33.3 Å². The Morgan fingerprint density at radius 1 is 1.26 bits per heavy atom. The Morgan fingerprint density at radius 3 is 2.52 bits per heavy atom. The molecular weight excluding hydrogens is 384 g/mol. The summed E-state index contributed by atoms with van der Waals surface area (Å²) in [5.41, 5.74) is 0.868. The third-order valence-corrected chi connectivity index (χ3v) is 6.35. The minimum absolute atomic E-state index is 0.00192. The van der Waals surface area contributed by atoms with Crippen molar-refractivity contribution in [3.63, 3.8) is 0 Å². The number of carbonyl (C=O) groups excluding carboxylic acids is 2. The van der Waals surface area contributed by atoms with Crippen molar-refractivity contribution in [3.8, 4) is 0 Å². The van der Waals surface area contributed by atoms with Crippen LogP contribution in [0.25, 0.3) is 10.2 Å². The van der Waals surface area contributed by atoms with Crippen LogP contribution >= 0.6 is 23.1 Å². The van der Waals surface area contributed by atoms with Gasteiger partial charge in [0, 0.05) is 17.0 Å². The predicted octanol–water partition coefficient (Wildman–Crippen LogP) is 3.37. The molecule has 27 heavy (non-hydrogen) atoms. The lowest BCUT2D eigenvalue weighted by molar-refractivity contribution is -0.117. The van der Waals surface area contributed by atoms with Gasteiger partial charge in [0.1, 0.15) is 4.83 Å². The number of aromatic nitrogens is 2. The van der Waals surface area contributed by atoms with Gasteiger partial charge >= 0.3 is 6.03 Å². The maximum atomic E-state index is 13.0. The topological polar surface area (TPSA) is 93.1 Å². The predicted molar refractivity (Wildman–Crippen MR) is 111 cm³/mol. The molecule has 7 nitrogen and oxygen atoms in total. The average molecular weight is 411 g/mol. The monoisotopic (exact) mass is 410 g/mol. The van der Waals surface area contributed by atoms with Gasteiger partial charge in [-0.15, -0.1) is 11.3 Å². The summed E-state index contributed by atoms with van der Waals surface area (Å²) in [6.45, 7) is 11.5. The van der Waals surface area contributed by atoms with Crippen LogP contribution in [0.5, 0.6) is 0 Å². The van der Waals surface area contributed by atoms with Crippen LogP contribution in [0.3, 0.4) is 0 Å². The highest BCUT2D eigenvalue weighted by Gasteiger charge is 2.19. The molecule has 0 unspecified atom stereocenters. The van der Waals surface area contributed by atoms with Gasteiger partial charge in [0.25, 0.3) is 5.56 Å². The number of hydrogen-bond acceptors (Lipinski definition) is 6. The molecule has 0 spiro atoms. The molecule has 2 N–H and O–H groups in total. The first-order valence-corrected chi connectivity index (χ1v) is 10.7. The number of amides is 3. The number of thiophene rings is 1. The molecule has 0 aliphatic carbocycles. The minimum atomic E-state index is -0.510. The number of imide groups is 1. The third-order valence-electron chi connectivity index (χ3n) is 4.29. The van der Waals surface area contributed by atoms with E-state index in [2.05, 4.69) is 15.6 Å². The standard InChI is InChI=1S/C18H26N4O3S2/c1-7-10(4)19-17(25)20-13(23)8-26-18-21-15-14(11(5)12(6)27-15)16(24)22(18)9(2)3/h9-10H,7-8H2,1-6H3,(H2,19,20,23,25)/t10-/m1/s1. The number of nitrogens with one attached hydrogen (secondary N) is 2. The van der Waals surface area contributed by atoms with Crippen molar-refractivity contribution < 1.29 is 9.59 Å². The average Bonchev–Trinajstić information content (AvgIpc) is 2.86. The van der Waals surface area contributed by atoms with E-state index < -0.39 is 11.9 Å². The summed E-state index contributed by atoms with van der Waals surface area (Å²) in [5, 5.41) is 6.12. The maximum Gasteiger partial charge on any atom is 0.321 e. The number of thioether (sulfide) groups is 1. The van der Waals surface area contributed by atoms with Crippen molar-refractivity contribution in [1.82, 2.24) is 20.2 Å². The Bertz CT molecular complexity index is 917. The summed E-state index contributed by atoms with van der Waals surface area (Å²) >= 11 is 2.64. The van der Waals surface area contributed by atoms with E-state index in [9.17, 15) is 14.4 Å².